The van der Waals surface area contributed by atoms with Crippen LogP contribution in [0, 0.1) is 0 Å². The summed E-state index contributed by atoms with van der Waals surface area (Å²) in [5.74, 6) is -0.891. The molecule has 0 fully saturated rings. The third kappa shape index (κ3) is 5.99. The Bertz CT molecular complexity index is 604. The van der Waals surface area contributed by atoms with Gasteiger partial charge in [-0.3, -0.25) is 19.8 Å². The Labute approximate surface area is 150 Å². The Morgan fingerprint density at radius 3 is 2.33 bits per heavy atom. The molecule has 3 N–H and O–H groups in total. The van der Waals surface area contributed by atoms with E-state index in [1.165, 1.54) is 4.90 Å². The van der Waals surface area contributed by atoms with Gasteiger partial charge in [-0.25, -0.2) is 4.79 Å². The maximum atomic E-state index is 12.1. The van der Waals surface area contributed by atoms with Gasteiger partial charge >= 0.3 is 6.03 Å². The number of anilines is 1. The molecule has 132 valence electrons. The maximum absolute atomic E-state index is 12.1. The number of carbonyl (C=O) groups is 3. The molecular formula is C15H20Cl2N4O3. The number of nitrogens with zero attached hydrogens (tertiary/aromatic N) is 1. The van der Waals surface area contributed by atoms with Crippen molar-refractivity contribution in [1.82, 2.24) is 15.5 Å². The molecule has 0 bridgehead atoms. The first kappa shape index (κ1) is 20.2. The first-order chi connectivity index (χ1) is 11.3. The zero-order valence-electron chi connectivity index (χ0n) is 13.7. The van der Waals surface area contributed by atoms with E-state index in [4.69, 9.17) is 23.2 Å². The van der Waals surface area contributed by atoms with Gasteiger partial charge in [0.1, 0.15) is 0 Å². The zero-order chi connectivity index (χ0) is 18.3. The highest BCUT2D eigenvalue weighted by molar-refractivity contribution is 6.39. The van der Waals surface area contributed by atoms with E-state index < -0.39 is 18.0 Å². The Morgan fingerprint density at radius 2 is 1.79 bits per heavy atom. The lowest BCUT2D eigenvalue weighted by atomic mass is 10.2. The fourth-order valence-electron chi connectivity index (χ4n) is 1.78. The van der Waals surface area contributed by atoms with Gasteiger partial charge in [-0.1, -0.05) is 29.3 Å². The maximum Gasteiger partial charge on any atom is 0.321 e. The number of benzene rings is 1. The second-order valence-corrected chi connectivity index (χ2v) is 5.90. The number of hydrogen-bond donors (Lipinski definition) is 3. The largest absolute Gasteiger partial charge is 0.338 e. The van der Waals surface area contributed by atoms with Crippen molar-refractivity contribution in [2.45, 2.75) is 19.9 Å². The molecule has 0 aromatic heterocycles. The van der Waals surface area contributed by atoms with Crippen LogP contribution in [-0.2, 0) is 9.59 Å². The highest BCUT2D eigenvalue weighted by Crippen LogP contribution is 2.29. The summed E-state index contributed by atoms with van der Waals surface area (Å²) in [5.41, 5.74) is 0.318. The number of rotatable bonds is 6. The van der Waals surface area contributed by atoms with Crippen LogP contribution in [0.15, 0.2) is 18.2 Å². The summed E-state index contributed by atoms with van der Waals surface area (Å²) in [5, 5.41) is 7.90. The monoisotopic (exact) mass is 374 g/mol. The first-order valence-corrected chi connectivity index (χ1v) is 8.04. The van der Waals surface area contributed by atoms with Crippen LogP contribution in [-0.4, -0.2) is 48.9 Å². The van der Waals surface area contributed by atoms with Crippen LogP contribution in [0.2, 0.25) is 10.0 Å². The molecule has 0 aliphatic rings. The normalized spacial score (nSPS) is 11.8. The molecule has 0 saturated heterocycles. The number of amides is 4. The van der Waals surface area contributed by atoms with Crippen LogP contribution in [0.1, 0.15) is 13.8 Å². The summed E-state index contributed by atoms with van der Waals surface area (Å²) >= 11 is 12.0. The second kappa shape index (κ2) is 9.46. The number of hydrogen-bond acceptors (Lipinski definition) is 4. The molecule has 1 aromatic rings. The number of carbonyl (C=O) groups excluding carboxylic acids is 3. The van der Waals surface area contributed by atoms with Gasteiger partial charge in [0.25, 0.3) is 0 Å². The summed E-state index contributed by atoms with van der Waals surface area (Å²) in [6.45, 7) is 3.66. The van der Waals surface area contributed by atoms with Gasteiger partial charge in [0, 0.05) is 6.54 Å². The molecule has 1 aromatic carbocycles. The SMILES string of the molecule is CCNC(=O)NC(=O)[C@H](C)N(C)CC(=O)Nc1c(Cl)cccc1Cl. The number of para-hydroxylation sites is 1. The second-order valence-electron chi connectivity index (χ2n) is 5.08. The number of halogens is 2. The minimum Gasteiger partial charge on any atom is -0.338 e. The minimum atomic E-state index is -0.680. The summed E-state index contributed by atoms with van der Waals surface area (Å²) in [4.78, 5) is 36.9. The molecule has 0 heterocycles. The number of imide groups is 1. The fraction of sp³-hybridized carbons (Fsp3) is 0.400. The van der Waals surface area contributed by atoms with Crippen molar-refractivity contribution >= 4 is 46.7 Å². The number of nitrogens with one attached hydrogen (secondary N) is 3. The van der Waals surface area contributed by atoms with Gasteiger partial charge in [0.2, 0.25) is 11.8 Å². The first-order valence-electron chi connectivity index (χ1n) is 7.29. The van der Waals surface area contributed by atoms with Gasteiger partial charge in [-0.05, 0) is 33.0 Å². The molecule has 0 unspecified atom stereocenters. The highest BCUT2D eigenvalue weighted by Gasteiger charge is 2.22. The molecule has 0 aliphatic heterocycles. The van der Waals surface area contributed by atoms with Gasteiger partial charge in [-0.15, -0.1) is 0 Å². The smallest absolute Gasteiger partial charge is 0.321 e. The predicted octanol–water partition coefficient (Wildman–Crippen LogP) is 2.10. The van der Waals surface area contributed by atoms with Crippen LogP contribution in [0.25, 0.3) is 0 Å². The Kier molecular flexibility index (Phi) is 7.97. The lowest BCUT2D eigenvalue weighted by molar-refractivity contribution is -0.125. The molecule has 0 saturated carbocycles. The van der Waals surface area contributed by atoms with E-state index in [0.717, 1.165) is 0 Å². The summed E-state index contributed by atoms with van der Waals surface area (Å²) in [7, 11) is 1.59. The van der Waals surface area contributed by atoms with Crippen LogP contribution in [0.4, 0.5) is 10.5 Å². The number of urea groups is 1. The van der Waals surface area contributed by atoms with Gasteiger partial charge in [-0.2, -0.15) is 0 Å². The van der Waals surface area contributed by atoms with Crippen molar-refractivity contribution in [3.05, 3.63) is 28.2 Å². The molecule has 4 amide bonds. The van der Waals surface area contributed by atoms with Crippen LogP contribution >= 0.6 is 23.2 Å². The van der Waals surface area contributed by atoms with E-state index in [2.05, 4.69) is 16.0 Å². The van der Waals surface area contributed by atoms with E-state index in [9.17, 15) is 14.4 Å². The van der Waals surface area contributed by atoms with Gasteiger partial charge < -0.3 is 10.6 Å². The van der Waals surface area contributed by atoms with Crippen LogP contribution in [0.3, 0.4) is 0 Å². The summed E-state index contributed by atoms with van der Waals surface area (Å²) in [6.07, 6.45) is 0. The zero-order valence-corrected chi connectivity index (χ0v) is 15.2. The van der Waals surface area contributed by atoms with E-state index in [0.29, 0.717) is 22.3 Å². The van der Waals surface area contributed by atoms with Crippen molar-refractivity contribution in [1.29, 1.82) is 0 Å². The molecule has 24 heavy (non-hydrogen) atoms. The van der Waals surface area contributed by atoms with Crippen molar-refractivity contribution in [3.63, 3.8) is 0 Å². The average Bonchev–Trinajstić information content (AvgIpc) is 2.50. The Hall–Kier alpha value is -1.83. The van der Waals surface area contributed by atoms with Gasteiger partial charge in [0.05, 0.1) is 28.3 Å². The molecule has 9 heteroatoms. The average molecular weight is 375 g/mol. The summed E-state index contributed by atoms with van der Waals surface area (Å²) < 4.78 is 0. The van der Waals surface area contributed by atoms with Crippen LogP contribution in [0.5, 0.6) is 0 Å². The van der Waals surface area contributed by atoms with Crippen LogP contribution < -0.4 is 16.0 Å². The standard InChI is InChI=1S/C15H20Cl2N4O3/c1-4-18-15(24)20-14(23)9(2)21(3)8-12(22)19-13-10(16)6-5-7-11(13)17/h5-7,9H,4,8H2,1-3H3,(H,19,22)(H2,18,20,23,24)/t9-/m0/s1. The topological polar surface area (TPSA) is 90.5 Å². The molecule has 7 nitrogen and oxygen atoms in total. The molecule has 0 aliphatic carbocycles. The van der Waals surface area contributed by atoms with Crippen molar-refractivity contribution < 1.29 is 14.4 Å². The number of likely N-dealkylation sites (N-methyl/N-ethyl adjacent to an activating group) is 1. The van der Waals surface area contributed by atoms with Crippen molar-refractivity contribution in [2.75, 3.05) is 25.5 Å². The quantitative estimate of drug-likeness (QED) is 0.710. The van der Waals surface area contributed by atoms with E-state index in [1.807, 2.05) is 0 Å². The summed E-state index contributed by atoms with van der Waals surface area (Å²) in [6, 6.07) is 3.63. The fourth-order valence-corrected chi connectivity index (χ4v) is 2.27. The van der Waals surface area contributed by atoms with E-state index in [1.54, 1.807) is 39.1 Å². The molecule has 1 rings (SSSR count). The van der Waals surface area contributed by atoms with Gasteiger partial charge in [0.15, 0.2) is 0 Å². The Balaban J connectivity index is 2.60. The van der Waals surface area contributed by atoms with Crippen molar-refractivity contribution in [3.8, 4) is 0 Å². The van der Waals surface area contributed by atoms with Crippen molar-refractivity contribution in [2.24, 2.45) is 0 Å². The lowest BCUT2D eigenvalue weighted by Gasteiger charge is -2.23. The highest BCUT2D eigenvalue weighted by atomic mass is 35.5. The molecular weight excluding hydrogens is 355 g/mol. The molecule has 0 radical (unpaired) electrons. The van der Waals surface area contributed by atoms with E-state index >= 15 is 0 Å². The lowest BCUT2D eigenvalue weighted by Crippen LogP contribution is -2.50. The third-order valence-corrected chi connectivity index (χ3v) is 3.86. The molecule has 1 atom stereocenters. The minimum absolute atomic E-state index is 0.0778. The van der Waals surface area contributed by atoms with E-state index in [-0.39, 0.29) is 12.5 Å². The molecule has 0 spiro atoms. The predicted molar refractivity (Wildman–Crippen MR) is 94.4 cm³/mol. The Morgan fingerprint density at radius 1 is 1.21 bits per heavy atom. The third-order valence-electron chi connectivity index (χ3n) is 3.23.